The zero-order chi connectivity index (χ0) is 20.1. The number of benzene rings is 1. The van der Waals surface area contributed by atoms with Crippen molar-refractivity contribution in [2.45, 2.75) is 32.9 Å². The van der Waals surface area contributed by atoms with Crippen LogP contribution in [0.15, 0.2) is 24.8 Å². The van der Waals surface area contributed by atoms with Gasteiger partial charge in [-0.2, -0.15) is 0 Å². The first kappa shape index (κ1) is 18.6. The van der Waals surface area contributed by atoms with E-state index in [-0.39, 0.29) is 12.7 Å². The molecule has 0 atom stereocenters. The van der Waals surface area contributed by atoms with Gasteiger partial charge in [0.25, 0.3) is 0 Å². The average Bonchev–Trinajstić information content (AvgIpc) is 3.40. The van der Waals surface area contributed by atoms with Gasteiger partial charge in [0.1, 0.15) is 10.0 Å². The van der Waals surface area contributed by atoms with Crippen LogP contribution in [-0.2, 0) is 17.8 Å². The van der Waals surface area contributed by atoms with Crippen LogP contribution >= 0.6 is 22.7 Å². The Bertz CT molecular complexity index is 1090. The summed E-state index contributed by atoms with van der Waals surface area (Å²) in [6.07, 6.45) is 2.25. The van der Waals surface area contributed by atoms with E-state index in [1.54, 1.807) is 22.7 Å². The first-order chi connectivity index (χ1) is 14.0. The van der Waals surface area contributed by atoms with Gasteiger partial charge in [-0.25, -0.2) is 4.98 Å². The predicted molar refractivity (Wildman–Crippen MR) is 117 cm³/mol. The van der Waals surface area contributed by atoms with E-state index in [1.807, 2.05) is 12.1 Å². The second kappa shape index (κ2) is 7.12. The summed E-state index contributed by atoms with van der Waals surface area (Å²) in [4.78, 5) is 20.7. The van der Waals surface area contributed by atoms with E-state index in [0.29, 0.717) is 6.04 Å². The third-order valence-electron chi connectivity index (χ3n) is 5.34. The van der Waals surface area contributed by atoms with Crippen molar-refractivity contribution in [1.29, 1.82) is 0 Å². The molecule has 2 aliphatic rings. The highest BCUT2D eigenvalue weighted by Gasteiger charge is 2.28. The van der Waals surface area contributed by atoms with Gasteiger partial charge in [0, 0.05) is 41.7 Å². The molecule has 0 bridgehead atoms. The number of hydrogen-bond acceptors (Lipinski definition) is 7. The standard InChI is InChI=1S/C21H21N3O3S2/c1-4-18(25)23-21-19(12-5-6-24(11(2)3)9-17(12)29-21)20-22-13-7-14-15(27-10-26-14)8-16(13)28-20/h4,7-8,11H,1,5-6,9-10H2,2-3H3,(H,23,25). The molecule has 8 heteroatoms. The normalized spacial score (nSPS) is 15.7. The molecule has 0 unspecified atom stereocenters. The molecular formula is C21H21N3O3S2. The highest BCUT2D eigenvalue weighted by molar-refractivity contribution is 7.23. The van der Waals surface area contributed by atoms with Gasteiger partial charge in [-0.05, 0) is 31.9 Å². The van der Waals surface area contributed by atoms with Crippen LogP contribution in [-0.4, -0.2) is 35.2 Å². The Morgan fingerprint density at radius 1 is 1.31 bits per heavy atom. The summed E-state index contributed by atoms with van der Waals surface area (Å²) in [5.74, 6) is 1.29. The molecule has 0 radical (unpaired) electrons. The van der Waals surface area contributed by atoms with Gasteiger partial charge in [-0.15, -0.1) is 22.7 Å². The molecule has 1 N–H and O–H groups in total. The monoisotopic (exact) mass is 427 g/mol. The summed E-state index contributed by atoms with van der Waals surface area (Å²) < 4.78 is 12.0. The predicted octanol–water partition coefficient (Wildman–Crippen LogP) is 4.64. The van der Waals surface area contributed by atoms with Crippen LogP contribution < -0.4 is 14.8 Å². The van der Waals surface area contributed by atoms with E-state index >= 15 is 0 Å². The number of anilines is 1. The van der Waals surface area contributed by atoms with E-state index in [2.05, 4.69) is 30.6 Å². The summed E-state index contributed by atoms with van der Waals surface area (Å²) >= 11 is 3.27. The van der Waals surface area contributed by atoms with Crippen molar-refractivity contribution in [2.24, 2.45) is 0 Å². The lowest BCUT2D eigenvalue weighted by Crippen LogP contribution is -2.35. The number of nitrogens with zero attached hydrogens (tertiary/aromatic N) is 2. The van der Waals surface area contributed by atoms with Gasteiger partial charge in [-0.1, -0.05) is 6.58 Å². The van der Waals surface area contributed by atoms with Gasteiger partial charge >= 0.3 is 0 Å². The van der Waals surface area contributed by atoms with E-state index < -0.39 is 0 Å². The minimum Gasteiger partial charge on any atom is -0.454 e. The van der Waals surface area contributed by atoms with Crippen LogP contribution in [0.3, 0.4) is 0 Å². The van der Waals surface area contributed by atoms with Crippen LogP contribution in [0, 0.1) is 0 Å². The van der Waals surface area contributed by atoms with Crippen molar-refractivity contribution >= 4 is 43.8 Å². The van der Waals surface area contributed by atoms with E-state index in [9.17, 15) is 4.79 Å². The second-order valence-electron chi connectivity index (χ2n) is 7.41. The molecule has 4 heterocycles. The number of fused-ring (bicyclic) bond motifs is 3. The quantitative estimate of drug-likeness (QED) is 0.615. The van der Waals surface area contributed by atoms with Crippen LogP contribution in [0.25, 0.3) is 20.8 Å². The van der Waals surface area contributed by atoms with Crippen molar-refractivity contribution in [2.75, 3.05) is 18.7 Å². The van der Waals surface area contributed by atoms with Crippen molar-refractivity contribution in [3.05, 3.63) is 35.2 Å². The first-order valence-electron chi connectivity index (χ1n) is 9.56. The first-order valence-corrected chi connectivity index (χ1v) is 11.2. The third kappa shape index (κ3) is 3.21. The fourth-order valence-electron chi connectivity index (χ4n) is 3.77. The van der Waals surface area contributed by atoms with Gasteiger partial charge in [0.05, 0.1) is 10.2 Å². The number of ether oxygens (including phenoxy) is 2. The fourth-order valence-corrected chi connectivity index (χ4v) is 6.16. The minimum atomic E-state index is -0.201. The topological polar surface area (TPSA) is 63.7 Å². The molecule has 1 amide bonds. The SMILES string of the molecule is C=CC(=O)Nc1sc2c(c1-c1nc3cc4c(cc3s1)OCO4)CCN(C(C)C)C2. The Morgan fingerprint density at radius 2 is 2.10 bits per heavy atom. The number of nitrogens with one attached hydrogen (secondary N) is 1. The van der Waals surface area contributed by atoms with Gasteiger partial charge in [-0.3, -0.25) is 9.69 Å². The summed E-state index contributed by atoms with van der Waals surface area (Å²) in [6.45, 7) is 10.2. The van der Waals surface area contributed by atoms with Gasteiger partial charge in [0.15, 0.2) is 11.5 Å². The Labute approximate surface area is 176 Å². The van der Waals surface area contributed by atoms with E-state index in [0.717, 1.165) is 56.8 Å². The molecule has 0 spiro atoms. The van der Waals surface area contributed by atoms with Crippen LogP contribution in [0.1, 0.15) is 24.3 Å². The van der Waals surface area contributed by atoms with Gasteiger partial charge < -0.3 is 14.8 Å². The average molecular weight is 428 g/mol. The van der Waals surface area contributed by atoms with Crippen molar-refractivity contribution in [1.82, 2.24) is 9.88 Å². The highest BCUT2D eigenvalue weighted by atomic mass is 32.1. The molecule has 150 valence electrons. The fraction of sp³-hybridized carbons (Fsp3) is 0.333. The zero-order valence-electron chi connectivity index (χ0n) is 16.3. The molecule has 0 saturated heterocycles. The summed E-state index contributed by atoms with van der Waals surface area (Å²) in [6, 6.07) is 4.41. The Hall–Kier alpha value is -2.42. The molecular weight excluding hydrogens is 406 g/mol. The van der Waals surface area contributed by atoms with Crippen molar-refractivity contribution in [3.8, 4) is 22.1 Å². The maximum atomic E-state index is 12.1. The Morgan fingerprint density at radius 3 is 2.86 bits per heavy atom. The molecule has 5 rings (SSSR count). The number of thiazole rings is 1. The number of hydrogen-bond donors (Lipinski definition) is 1. The highest BCUT2D eigenvalue weighted by Crippen LogP contribution is 2.47. The molecule has 2 aliphatic heterocycles. The molecule has 6 nitrogen and oxygen atoms in total. The minimum absolute atomic E-state index is 0.201. The molecule has 1 aromatic carbocycles. The van der Waals surface area contributed by atoms with Crippen LogP contribution in [0.5, 0.6) is 11.5 Å². The van der Waals surface area contributed by atoms with Gasteiger partial charge in [0.2, 0.25) is 12.7 Å². The largest absolute Gasteiger partial charge is 0.454 e. The number of carbonyl (C=O) groups is 1. The Kier molecular flexibility index (Phi) is 4.57. The number of aromatic nitrogens is 1. The van der Waals surface area contributed by atoms with Crippen molar-refractivity contribution in [3.63, 3.8) is 0 Å². The lowest BCUT2D eigenvalue weighted by molar-refractivity contribution is -0.111. The van der Waals surface area contributed by atoms with E-state index in [1.165, 1.54) is 16.5 Å². The third-order valence-corrected chi connectivity index (χ3v) is 7.50. The maximum Gasteiger partial charge on any atom is 0.248 e. The molecule has 29 heavy (non-hydrogen) atoms. The zero-order valence-corrected chi connectivity index (χ0v) is 17.9. The van der Waals surface area contributed by atoms with Crippen LogP contribution in [0.2, 0.25) is 0 Å². The second-order valence-corrected chi connectivity index (χ2v) is 9.54. The maximum absolute atomic E-state index is 12.1. The number of thiophene rings is 1. The van der Waals surface area contributed by atoms with Crippen molar-refractivity contribution < 1.29 is 14.3 Å². The lowest BCUT2D eigenvalue weighted by Gasteiger charge is -2.30. The summed E-state index contributed by atoms with van der Waals surface area (Å²) in [7, 11) is 0. The number of rotatable bonds is 4. The molecule has 2 aromatic heterocycles. The smallest absolute Gasteiger partial charge is 0.248 e. The summed E-state index contributed by atoms with van der Waals surface area (Å²) in [5, 5.41) is 4.78. The Balaban J connectivity index is 1.62. The van der Waals surface area contributed by atoms with Crippen LogP contribution in [0.4, 0.5) is 5.00 Å². The lowest BCUT2D eigenvalue weighted by atomic mass is 10.0. The number of carbonyl (C=O) groups excluding carboxylic acids is 1. The molecule has 3 aromatic rings. The summed E-state index contributed by atoms with van der Waals surface area (Å²) in [5.41, 5.74) is 3.23. The molecule has 0 fully saturated rings. The molecule has 0 saturated carbocycles. The van der Waals surface area contributed by atoms with E-state index in [4.69, 9.17) is 14.5 Å². The number of amides is 1. The molecule has 0 aliphatic carbocycles.